The van der Waals surface area contributed by atoms with Crippen LogP contribution in [-0.4, -0.2) is 56.2 Å². The summed E-state index contributed by atoms with van der Waals surface area (Å²) in [4.78, 5) is 35.3. The Bertz CT molecular complexity index is 822. The molecule has 0 fully saturated rings. The minimum Gasteiger partial charge on any atom is -0.453 e. The lowest BCUT2D eigenvalue weighted by Gasteiger charge is -2.33. The van der Waals surface area contributed by atoms with Crippen molar-refractivity contribution < 1.29 is 32.3 Å². The summed E-state index contributed by atoms with van der Waals surface area (Å²) in [7, 11) is -2.60. The van der Waals surface area contributed by atoms with E-state index in [0.29, 0.717) is 0 Å². The molecule has 1 heterocycles. The third-order valence-electron chi connectivity index (χ3n) is 3.98. The maximum absolute atomic E-state index is 12.5. The molecule has 1 N–H and O–H groups in total. The average Bonchev–Trinajstić information content (AvgIpc) is 2.59. The number of imide groups is 1. The van der Waals surface area contributed by atoms with Gasteiger partial charge in [0.2, 0.25) is 10.0 Å². The Hall–Kier alpha value is -2.46. The topological polar surface area (TPSA) is 119 Å². The highest BCUT2D eigenvalue weighted by Crippen LogP contribution is 2.26. The third-order valence-corrected chi connectivity index (χ3v) is 5.21. The van der Waals surface area contributed by atoms with E-state index >= 15 is 0 Å². The number of benzene rings is 1. The molecule has 1 aromatic rings. The van der Waals surface area contributed by atoms with Crippen molar-refractivity contribution in [2.24, 2.45) is 0 Å². The number of hydrogen-bond acceptors (Lipinski definition) is 7. The Morgan fingerprint density at radius 1 is 1.23 bits per heavy atom. The fourth-order valence-electron chi connectivity index (χ4n) is 2.61. The fraction of sp³-hybridized carbons (Fsp3) is 0.438. The number of methoxy groups -OCH3 is 1. The van der Waals surface area contributed by atoms with Gasteiger partial charge in [-0.2, -0.15) is 4.31 Å². The SMILES string of the molecule is COC(=O)NC(=O)[C@H](C)OC(=O)[C@@H]1Cc2ccccc2CN1S(C)(=O)=O. The van der Waals surface area contributed by atoms with E-state index in [0.717, 1.165) is 28.8 Å². The minimum absolute atomic E-state index is 0.0392. The van der Waals surface area contributed by atoms with E-state index in [4.69, 9.17) is 4.74 Å². The molecular weight excluding hydrogens is 364 g/mol. The number of amides is 2. The van der Waals surface area contributed by atoms with Crippen molar-refractivity contribution >= 4 is 28.0 Å². The van der Waals surface area contributed by atoms with Crippen LogP contribution in [0.25, 0.3) is 0 Å². The molecule has 2 amide bonds. The molecule has 0 aliphatic carbocycles. The van der Waals surface area contributed by atoms with Crippen molar-refractivity contribution in [1.29, 1.82) is 0 Å². The number of esters is 1. The molecule has 0 saturated heterocycles. The van der Waals surface area contributed by atoms with Crippen molar-refractivity contribution in [3.63, 3.8) is 0 Å². The molecule has 1 aliphatic rings. The van der Waals surface area contributed by atoms with Crippen LogP contribution in [0.3, 0.4) is 0 Å². The number of carbonyl (C=O) groups excluding carboxylic acids is 3. The molecule has 0 unspecified atom stereocenters. The molecule has 1 aliphatic heterocycles. The Balaban J connectivity index is 2.17. The van der Waals surface area contributed by atoms with Gasteiger partial charge in [0.25, 0.3) is 5.91 Å². The number of nitrogens with one attached hydrogen (secondary N) is 1. The van der Waals surface area contributed by atoms with Gasteiger partial charge in [0, 0.05) is 13.0 Å². The number of sulfonamides is 1. The zero-order chi connectivity index (χ0) is 19.5. The zero-order valence-corrected chi connectivity index (χ0v) is 15.4. The van der Waals surface area contributed by atoms with Crippen molar-refractivity contribution in [3.05, 3.63) is 35.4 Å². The van der Waals surface area contributed by atoms with Gasteiger partial charge in [-0.05, 0) is 18.1 Å². The molecule has 0 saturated carbocycles. The zero-order valence-electron chi connectivity index (χ0n) is 14.6. The Morgan fingerprint density at radius 3 is 2.42 bits per heavy atom. The molecule has 10 heteroatoms. The molecule has 0 spiro atoms. The summed E-state index contributed by atoms with van der Waals surface area (Å²) < 4.78 is 34.6. The monoisotopic (exact) mass is 384 g/mol. The number of rotatable bonds is 4. The maximum Gasteiger partial charge on any atom is 0.413 e. The van der Waals surface area contributed by atoms with Crippen LogP contribution in [0.1, 0.15) is 18.1 Å². The van der Waals surface area contributed by atoms with Crippen LogP contribution in [0.2, 0.25) is 0 Å². The first-order valence-corrected chi connectivity index (χ1v) is 9.61. The lowest BCUT2D eigenvalue weighted by Crippen LogP contribution is -2.50. The van der Waals surface area contributed by atoms with Gasteiger partial charge in [-0.1, -0.05) is 24.3 Å². The van der Waals surface area contributed by atoms with Gasteiger partial charge in [0.05, 0.1) is 13.4 Å². The quantitative estimate of drug-likeness (QED) is 0.736. The fourth-order valence-corrected chi connectivity index (χ4v) is 3.60. The molecule has 1 aromatic carbocycles. The largest absolute Gasteiger partial charge is 0.453 e. The summed E-state index contributed by atoms with van der Waals surface area (Å²) >= 11 is 0. The average molecular weight is 384 g/mol. The van der Waals surface area contributed by atoms with Gasteiger partial charge < -0.3 is 9.47 Å². The van der Waals surface area contributed by atoms with Crippen LogP contribution in [0.4, 0.5) is 4.79 Å². The normalized spacial score (nSPS) is 18.3. The Morgan fingerprint density at radius 2 is 1.85 bits per heavy atom. The number of nitrogens with zero attached hydrogens (tertiary/aromatic N) is 1. The second-order valence-corrected chi connectivity index (χ2v) is 7.79. The van der Waals surface area contributed by atoms with Crippen LogP contribution >= 0.6 is 0 Å². The number of hydrogen-bond donors (Lipinski definition) is 1. The molecule has 142 valence electrons. The highest BCUT2D eigenvalue weighted by Gasteiger charge is 2.39. The first-order valence-electron chi connectivity index (χ1n) is 7.76. The van der Waals surface area contributed by atoms with Crippen molar-refractivity contribution in [2.75, 3.05) is 13.4 Å². The number of ether oxygens (including phenoxy) is 2. The molecule has 2 rings (SSSR count). The summed E-state index contributed by atoms with van der Waals surface area (Å²) in [6.07, 6.45) is -1.13. The summed E-state index contributed by atoms with van der Waals surface area (Å²) in [5, 5.41) is 1.89. The van der Waals surface area contributed by atoms with Gasteiger partial charge in [-0.3, -0.25) is 14.9 Å². The second kappa shape index (κ2) is 7.83. The molecule has 0 bridgehead atoms. The van der Waals surface area contributed by atoms with Crippen LogP contribution in [-0.2, 0) is 42.1 Å². The highest BCUT2D eigenvalue weighted by atomic mass is 32.2. The molecule has 9 nitrogen and oxygen atoms in total. The van der Waals surface area contributed by atoms with E-state index in [-0.39, 0.29) is 13.0 Å². The van der Waals surface area contributed by atoms with E-state index in [1.54, 1.807) is 18.2 Å². The summed E-state index contributed by atoms with van der Waals surface area (Å²) in [6.45, 7) is 1.31. The highest BCUT2D eigenvalue weighted by molar-refractivity contribution is 7.88. The van der Waals surface area contributed by atoms with E-state index in [2.05, 4.69) is 4.74 Å². The van der Waals surface area contributed by atoms with E-state index in [1.807, 2.05) is 11.4 Å². The standard InChI is InChI=1S/C16H20N2O7S/c1-10(14(19)17-16(21)24-2)25-15(20)13-8-11-6-4-5-7-12(11)9-18(13)26(3,22)23/h4-7,10,13H,8-9H2,1-3H3,(H,17,19,21)/t10-,13-/m0/s1. The summed E-state index contributed by atoms with van der Waals surface area (Å²) in [5.74, 6) is -1.73. The molecule has 26 heavy (non-hydrogen) atoms. The second-order valence-electron chi connectivity index (χ2n) is 5.86. The molecule has 2 atom stereocenters. The minimum atomic E-state index is -3.68. The first-order chi connectivity index (χ1) is 12.1. The molecule has 0 radical (unpaired) electrons. The van der Waals surface area contributed by atoms with Crippen molar-refractivity contribution in [2.45, 2.75) is 32.0 Å². The van der Waals surface area contributed by atoms with E-state index in [9.17, 15) is 22.8 Å². The third kappa shape index (κ3) is 4.58. The van der Waals surface area contributed by atoms with Crippen LogP contribution < -0.4 is 5.32 Å². The van der Waals surface area contributed by atoms with Crippen molar-refractivity contribution in [3.8, 4) is 0 Å². The smallest absolute Gasteiger partial charge is 0.413 e. The first kappa shape index (κ1) is 19.9. The molecule has 0 aromatic heterocycles. The maximum atomic E-state index is 12.5. The number of fused-ring (bicyclic) bond motifs is 1. The van der Waals surface area contributed by atoms with Crippen LogP contribution in [0.15, 0.2) is 24.3 Å². The molecular formula is C16H20N2O7S. The summed E-state index contributed by atoms with van der Waals surface area (Å²) in [5.41, 5.74) is 1.64. The lowest BCUT2D eigenvalue weighted by molar-refractivity contribution is -0.158. The summed E-state index contributed by atoms with van der Waals surface area (Å²) in [6, 6.07) is 6.10. The van der Waals surface area contributed by atoms with Gasteiger partial charge in [-0.25, -0.2) is 13.2 Å². The van der Waals surface area contributed by atoms with Crippen LogP contribution in [0, 0.1) is 0 Å². The number of carbonyl (C=O) groups is 3. The lowest BCUT2D eigenvalue weighted by atomic mass is 9.96. The van der Waals surface area contributed by atoms with E-state index < -0.39 is 40.1 Å². The Kier molecular flexibility index (Phi) is 5.98. The van der Waals surface area contributed by atoms with Crippen molar-refractivity contribution in [1.82, 2.24) is 9.62 Å². The van der Waals surface area contributed by atoms with Gasteiger partial charge >= 0.3 is 12.1 Å². The predicted molar refractivity (Wildman–Crippen MR) is 90.4 cm³/mol. The van der Waals surface area contributed by atoms with Gasteiger partial charge in [0.1, 0.15) is 6.04 Å². The number of alkyl carbamates (subject to hydrolysis) is 1. The Labute approximate surface area is 151 Å². The predicted octanol–water partition coefficient (Wildman–Crippen LogP) is 0.187. The van der Waals surface area contributed by atoms with E-state index in [1.165, 1.54) is 6.92 Å². The van der Waals surface area contributed by atoms with Gasteiger partial charge in [-0.15, -0.1) is 0 Å². The van der Waals surface area contributed by atoms with Gasteiger partial charge in [0.15, 0.2) is 6.10 Å². The van der Waals surface area contributed by atoms with Crippen LogP contribution in [0.5, 0.6) is 0 Å².